The van der Waals surface area contributed by atoms with Crippen molar-refractivity contribution in [3.05, 3.63) is 54.3 Å². The number of carbonyl (C=O) groups is 1. The number of methoxy groups -OCH3 is 1. The van der Waals surface area contributed by atoms with E-state index in [4.69, 9.17) is 13.9 Å². The largest absolute Gasteiger partial charge is 0.497 e. The molecule has 0 saturated carbocycles. The Bertz CT molecular complexity index is 1090. The van der Waals surface area contributed by atoms with Gasteiger partial charge in [0.15, 0.2) is 0 Å². The van der Waals surface area contributed by atoms with E-state index in [0.29, 0.717) is 12.4 Å². The molecule has 1 aromatic heterocycles. The van der Waals surface area contributed by atoms with Crippen LogP contribution in [0, 0.1) is 0 Å². The van der Waals surface area contributed by atoms with E-state index < -0.39 is 0 Å². The number of amides is 1. The van der Waals surface area contributed by atoms with E-state index in [1.54, 1.807) is 19.4 Å². The highest BCUT2D eigenvalue weighted by Gasteiger charge is 2.17. The van der Waals surface area contributed by atoms with Gasteiger partial charge in [-0.05, 0) is 56.0 Å². The van der Waals surface area contributed by atoms with Crippen molar-refractivity contribution < 1.29 is 18.7 Å². The Kier molecular flexibility index (Phi) is 7.98. The van der Waals surface area contributed by atoms with Crippen LogP contribution in [-0.4, -0.2) is 37.6 Å². The van der Waals surface area contributed by atoms with E-state index in [1.165, 1.54) is 0 Å². The number of nitrogens with zero attached hydrogens (tertiary/aromatic N) is 1. The molecule has 0 atom stereocenters. The van der Waals surface area contributed by atoms with Crippen molar-refractivity contribution >= 4 is 22.4 Å². The van der Waals surface area contributed by atoms with Gasteiger partial charge in [-0.2, -0.15) is 0 Å². The minimum absolute atomic E-state index is 0.0361. The van der Waals surface area contributed by atoms with Crippen molar-refractivity contribution in [2.75, 3.05) is 26.8 Å². The molecular formula is C27H33NO4. The van der Waals surface area contributed by atoms with Crippen molar-refractivity contribution in [1.29, 1.82) is 0 Å². The van der Waals surface area contributed by atoms with E-state index in [-0.39, 0.29) is 5.91 Å². The number of ether oxygens (including phenoxy) is 2. The highest BCUT2D eigenvalue weighted by atomic mass is 16.5. The molecule has 1 heterocycles. The zero-order valence-electron chi connectivity index (χ0n) is 19.7. The molecule has 5 nitrogen and oxygen atoms in total. The lowest BCUT2D eigenvalue weighted by Gasteiger charge is -2.20. The van der Waals surface area contributed by atoms with Gasteiger partial charge in [0, 0.05) is 41.7 Å². The summed E-state index contributed by atoms with van der Waals surface area (Å²) in [5.41, 5.74) is 4.49. The SMILES string of the molecule is CCCN(CCC)C(=O)/C=C(\C)c1cc2c(-c3cccc(OC)c3)coc2cc1OCC. The van der Waals surface area contributed by atoms with Gasteiger partial charge in [-0.15, -0.1) is 0 Å². The Morgan fingerprint density at radius 2 is 1.84 bits per heavy atom. The molecule has 1 amide bonds. The predicted octanol–water partition coefficient (Wildman–Crippen LogP) is 6.56. The van der Waals surface area contributed by atoms with Crippen LogP contribution in [0.3, 0.4) is 0 Å². The first-order valence-corrected chi connectivity index (χ1v) is 11.3. The number of hydrogen-bond donors (Lipinski definition) is 0. The van der Waals surface area contributed by atoms with Crippen LogP contribution in [0.4, 0.5) is 0 Å². The zero-order valence-corrected chi connectivity index (χ0v) is 19.7. The van der Waals surface area contributed by atoms with Gasteiger partial charge in [0.1, 0.15) is 17.1 Å². The number of fused-ring (bicyclic) bond motifs is 1. The number of allylic oxidation sites excluding steroid dienone is 1. The smallest absolute Gasteiger partial charge is 0.246 e. The molecule has 3 rings (SSSR count). The van der Waals surface area contributed by atoms with Gasteiger partial charge < -0.3 is 18.8 Å². The number of rotatable bonds is 10. The van der Waals surface area contributed by atoms with E-state index in [1.807, 2.05) is 49.1 Å². The van der Waals surface area contributed by atoms with E-state index >= 15 is 0 Å². The fraction of sp³-hybridized carbons (Fsp3) is 0.370. The predicted molar refractivity (Wildman–Crippen MR) is 130 cm³/mol. The molecule has 0 fully saturated rings. The summed E-state index contributed by atoms with van der Waals surface area (Å²) >= 11 is 0. The molecule has 0 saturated heterocycles. The third-order valence-electron chi connectivity index (χ3n) is 5.42. The Morgan fingerprint density at radius 3 is 2.50 bits per heavy atom. The van der Waals surface area contributed by atoms with Gasteiger partial charge in [0.05, 0.1) is 20.0 Å². The number of carbonyl (C=O) groups excluding carboxylic acids is 1. The van der Waals surface area contributed by atoms with Crippen LogP contribution in [-0.2, 0) is 4.79 Å². The molecule has 170 valence electrons. The van der Waals surface area contributed by atoms with Gasteiger partial charge in [-0.3, -0.25) is 4.79 Å². The summed E-state index contributed by atoms with van der Waals surface area (Å²) in [7, 11) is 1.66. The molecule has 0 radical (unpaired) electrons. The molecule has 32 heavy (non-hydrogen) atoms. The minimum Gasteiger partial charge on any atom is -0.497 e. The first-order valence-electron chi connectivity index (χ1n) is 11.3. The van der Waals surface area contributed by atoms with Gasteiger partial charge in [-0.25, -0.2) is 0 Å². The average Bonchev–Trinajstić information content (AvgIpc) is 3.21. The third-order valence-corrected chi connectivity index (χ3v) is 5.42. The first kappa shape index (κ1) is 23.5. The quantitative estimate of drug-likeness (QED) is 0.338. The van der Waals surface area contributed by atoms with Crippen LogP contribution in [0.2, 0.25) is 0 Å². The average molecular weight is 436 g/mol. The molecule has 5 heteroatoms. The third kappa shape index (κ3) is 5.16. The summed E-state index contributed by atoms with van der Waals surface area (Å²) in [4.78, 5) is 14.8. The second-order valence-electron chi connectivity index (χ2n) is 7.81. The summed E-state index contributed by atoms with van der Waals surface area (Å²) < 4.78 is 17.2. The second kappa shape index (κ2) is 10.9. The van der Waals surface area contributed by atoms with Crippen LogP contribution >= 0.6 is 0 Å². The Morgan fingerprint density at radius 1 is 1.09 bits per heavy atom. The maximum atomic E-state index is 12.9. The van der Waals surface area contributed by atoms with Crippen LogP contribution < -0.4 is 9.47 Å². The lowest BCUT2D eigenvalue weighted by molar-refractivity contribution is -0.126. The Labute approximate surface area is 190 Å². The van der Waals surface area contributed by atoms with Crippen LogP contribution in [0.1, 0.15) is 46.1 Å². The Hall–Kier alpha value is -3.21. The summed E-state index contributed by atoms with van der Waals surface area (Å²) in [6.45, 7) is 10.1. The zero-order chi connectivity index (χ0) is 23.1. The highest BCUT2D eigenvalue weighted by Crippen LogP contribution is 2.38. The van der Waals surface area contributed by atoms with E-state index in [9.17, 15) is 4.79 Å². The van der Waals surface area contributed by atoms with Crippen molar-refractivity contribution in [2.45, 2.75) is 40.5 Å². The fourth-order valence-electron chi connectivity index (χ4n) is 3.88. The van der Waals surface area contributed by atoms with Crippen molar-refractivity contribution in [1.82, 2.24) is 4.90 Å². The molecule has 0 aliphatic carbocycles. The molecular weight excluding hydrogens is 402 g/mol. The van der Waals surface area contributed by atoms with Crippen molar-refractivity contribution in [2.24, 2.45) is 0 Å². The lowest BCUT2D eigenvalue weighted by atomic mass is 9.99. The van der Waals surface area contributed by atoms with Crippen LogP contribution in [0.5, 0.6) is 11.5 Å². The molecule has 3 aromatic rings. The standard InChI is InChI=1S/C27H33NO4/c1-6-12-28(13-7-2)27(29)14-19(4)22-16-23-24(20-10-9-11-21(15-20)30-5)18-32-26(23)17-25(22)31-8-3/h9-11,14-18H,6-8,12-13H2,1-5H3/b19-14+. The molecule has 0 N–H and O–H groups in total. The Balaban J connectivity index is 2.08. The van der Waals surface area contributed by atoms with Gasteiger partial charge in [0.2, 0.25) is 5.91 Å². The van der Waals surface area contributed by atoms with Crippen LogP contribution in [0.15, 0.2) is 53.2 Å². The highest BCUT2D eigenvalue weighted by molar-refractivity contribution is 6.00. The van der Waals surface area contributed by atoms with Crippen LogP contribution in [0.25, 0.3) is 27.7 Å². The maximum Gasteiger partial charge on any atom is 0.246 e. The van der Waals surface area contributed by atoms with Gasteiger partial charge in [-0.1, -0.05) is 26.0 Å². The maximum absolute atomic E-state index is 12.9. The minimum atomic E-state index is 0.0361. The summed E-state index contributed by atoms with van der Waals surface area (Å²) in [6, 6.07) is 11.9. The normalized spacial score (nSPS) is 11.6. The summed E-state index contributed by atoms with van der Waals surface area (Å²) in [5, 5.41) is 0.968. The lowest BCUT2D eigenvalue weighted by Crippen LogP contribution is -2.31. The van der Waals surface area contributed by atoms with Crippen molar-refractivity contribution in [3.63, 3.8) is 0 Å². The molecule has 0 aliphatic heterocycles. The molecule has 0 spiro atoms. The topological polar surface area (TPSA) is 51.9 Å². The van der Waals surface area contributed by atoms with E-state index in [0.717, 1.165) is 64.9 Å². The summed E-state index contributed by atoms with van der Waals surface area (Å²) in [6.07, 6.45) is 5.36. The summed E-state index contributed by atoms with van der Waals surface area (Å²) in [5.74, 6) is 1.54. The fourth-order valence-corrected chi connectivity index (χ4v) is 3.88. The molecule has 0 unspecified atom stereocenters. The first-order chi connectivity index (χ1) is 15.5. The number of furan rings is 1. The number of hydrogen-bond acceptors (Lipinski definition) is 4. The second-order valence-corrected chi connectivity index (χ2v) is 7.81. The molecule has 0 aliphatic rings. The van der Waals surface area contributed by atoms with E-state index in [2.05, 4.69) is 19.9 Å². The monoisotopic (exact) mass is 435 g/mol. The number of benzene rings is 2. The molecule has 0 bridgehead atoms. The van der Waals surface area contributed by atoms with Crippen molar-refractivity contribution in [3.8, 4) is 22.6 Å². The van der Waals surface area contributed by atoms with Gasteiger partial charge >= 0.3 is 0 Å². The van der Waals surface area contributed by atoms with Gasteiger partial charge in [0.25, 0.3) is 0 Å². The molecule has 2 aromatic carbocycles.